The van der Waals surface area contributed by atoms with E-state index in [4.69, 9.17) is 9.15 Å². The van der Waals surface area contributed by atoms with Gasteiger partial charge in [0.1, 0.15) is 12.1 Å². The first-order valence-electron chi connectivity index (χ1n) is 13.4. The lowest BCUT2D eigenvalue weighted by molar-refractivity contribution is -0.133. The third-order valence-electron chi connectivity index (χ3n) is 7.06. The summed E-state index contributed by atoms with van der Waals surface area (Å²) in [7, 11) is 0. The fourth-order valence-electron chi connectivity index (χ4n) is 4.96. The topological polar surface area (TPSA) is 80.1 Å². The van der Waals surface area contributed by atoms with Crippen LogP contribution in [0, 0.1) is 6.92 Å². The highest BCUT2D eigenvalue weighted by atomic mass is 79.9. The standard InChI is InChI=1S/C32H31BrN2O5/c1-22-12-13-29-28(15-22)31(37)25(21-40-29)18-34(17-23-7-3-2-4-8-23)30(36)20-35(19-27-11-6-14-39-27)32(38)24-9-5-10-26(33)16-24/h2-5,7-10,12-13,15-16,21,27H,6,11,14,17-20H2,1H3. The van der Waals surface area contributed by atoms with Crippen molar-refractivity contribution in [1.82, 2.24) is 9.80 Å². The number of rotatable bonds is 9. The van der Waals surface area contributed by atoms with Crippen molar-refractivity contribution in [3.05, 3.63) is 116 Å². The molecule has 0 radical (unpaired) electrons. The molecule has 0 N–H and O–H groups in total. The highest BCUT2D eigenvalue weighted by Crippen LogP contribution is 2.19. The van der Waals surface area contributed by atoms with Gasteiger partial charge in [0, 0.05) is 29.7 Å². The lowest BCUT2D eigenvalue weighted by atomic mass is 10.1. The maximum Gasteiger partial charge on any atom is 0.254 e. The van der Waals surface area contributed by atoms with Crippen LogP contribution in [0.5, 0.6) is 0 Å². The molecule has 2 heterocycles. The second-order valence-electron chi connectivity index (χ2n) is 10.2. The molecular formula is C32H31BrN2O5. The predicted molar refractivity (Wildman–Crippen MR) is 157 cm³/mol. The summed E-state index contributed by atoms with van der Waals surface area (Å²) in [5.74, 6) is -0.514. The Balaban J connectivity index is 1.44. The van der Waals surface area contributed by atoms with Crippen LogP contribution >= 0.6 is 15.9 Å². The van der Waals surface area contributed by atoms with Gasteiger partial charge in [0.15, 0.2) is 5.43 Å². The van der Waals surface area contributed by atoms with Gasteiger partial charge in [-0.2, -0.15) is 0 Å². The molecule has 7 nitrogen and oxygen atoms in total. The van der Waals surface area contributed by atoms with E-state index in [-0.39, 0.29) is 43.0 Å². The van der Waals surface area contributed by atoms with Crippen LogP contribution in [0.25, 0.3) is 11.0 Å². The second-order valence-corrected chi connectivity index (χ2v) is 11.1. The van der Waals surface area contributed by atoms with Crippen LogP contribution in [0.15, 0.2) is 92.7 Å². The first kappa shape index (κ1) is 27.8. The Labute approximate surface area is 241 Å². The van der Waals surface area contributed by atoms with E-state index in [1.807, 2.05) is 49.4 Å². The van der Waals surface area contributed by atoms with Crippen molar-refractivity contribution in [2.75, 3.05) is 19.7 Å². The van der Waals surface area contributed by atoms with Gasteiger partial charge < -0.3 is 19.0 Å². The molecular weight excluding hydrogens is 572 g/mol. The van der Waals surface area contributed by atoms with Crippen molar-refractivity contribution in [3.8, 4) is 0 Å². The Bertz CT molecular complexity index is 1560. The smallest absolute Gasteiger partial charge is 0.254 e. The van der Waals surface area contributed by atoms with E-state index in [1.165, 1.54) is 6.26 Å². The molecule has 1 saturated heterocycles. The summed E-state index contributed by atoms with van der Waals surface area (Å²) in [5, 5.41) is 0.481. The van der Waals surface area contributed by atoms with Gasteiger partial charge in [-0.1, -0.05) is 64.0 Å². The van der Waals surface area contributed by atoms with Gasteiger partial charge >= 0.3 is 0 Å². The molecule has 1 aromatic heterocycles. The molecule has 1 fully saturated rings. The molecule has 5 rings (SSSR count). The Kier molecular flexibility index (Phi) is 8.77. The van der Waals surface area contributed by atoms with Crippen LogP contribution in [-0.4, -0.2) is 47.4 Å². The first-order chi connectivity index (χ1) is 19.4. The molecule has 4 aromatic rings. The van der Waals surface area contributed by atoms with Gasteiger partial charge in [-0.3, -0.25) is 14.4 Å². The van der Waals surface area contributed by atoms with Crippen LogP contribution in [-0.2, 0) is 22.6 Å². The summed E-state index contributed by atoms with van der Waals surface area (Å²) in [4.78, 5) is 44.1. The van der Waals surface area contributed by atoms with Gasteiger partial charge in [0.05, 0.1) is 29.9 Å². The molecule has 3 aromatic carbocycles. The highest BCUT2D eigenvalue weighted by molar-refractivity contribution is 9.10. The number of hydrogen-bond acceptors (Lipinski definition) is 5. The number of nitrogens with zero attached hydrogens (tertiary/aromatic N) is 2. The Hall–Kier alpha value is -3.75. The minimum absolute atomic E-state index is 0.0544. The molecule has 206 valence electrons. The van der Waals surface area contributed by atoms with Crippen LogP contribution in [0.4, 0.5) is 0 Å². The highest BCUT2D eigenvalue weighted by Gasteiger charge is 2.28. The number of carbonyl (C=O) groups is 2. The van der Waals surface area contributed by atoms with E-state index >= 15 is 0 Å². The number of aryl methyl sites for hydroxylation is 1. The van der Waals surface area contributed by atoms with E-state index in [9.17, 15) is 14.4 Å². The predicted octanol–water partition coefficient (Wildman–Crippen LogP) is 5.71. The summed E-state index contributed by atoms with van der Waals surface area (Å²) in [6.45, 7) is 3.07. The van der Waals surface area contributed by atoms with Gasteiger partial charge in [0.25, 0.3) is 5.91 Å². The van der Waals surface area contributed by atoms with Gasteiger partial charge in [-0.05, 0) is 55.7 Å². The van der Waals surface area contributed by atoms with Crippen LogP contribution in [0.1, 0.15) is 39.9 Å². The van der Waals surface area contributed by atoms with Crippen molar-refractivity contribution in [2.24, 2.45) is 0 Å². The Morgan fingerprint density at radius 3 is 2.55 bits per heavy atom. The van der Waals surface area contributed by atoms with Crippen LogP contribution in [0.2, 0.25) is 0 Å². The van der Waals surface area contributed by atoms with Gasteiger partial charge in [0.2, 0.25) is 5.91 Å². The van der Waals surface area contributed by atoms with Crippen molar-refractivity contribution in [2.45, 2.75) is 39.0 Å². The summed E-state index contributed by atoms with van der Waals surface area (Å²) in [5.41, 5.74) is 3.07. The molecule has 0 spiro atoms. The summed E-state index contributed by atoms with van der Waals surface area (Å²) >= 11 is 3.44. The monoisotopic (exact) mass is 602 g/mol. The van der Waals surface area contributed by atoms with Gasteiger partial charge in [-0.15, -0.1) is 0 Å². The molecule has 1 aliphatic heterocycles. The van der Waals surface area contributed by atoms with E-state index in [1.54, 1.807) is 40.1 Å². The zero-order valence-electron chi connectivity index (χ0n) is 22.3. The van der Waals surface area contributed by atoms with Crippen molar-refractivity contribution < 1.29 is 18.7 Å². The fourth-order valence-corrected chi connectivity index (χ4v) is 5.36. The molecule has 0 saturated carbocycles. The number of amides is 2. The number of fused-ring (bicyclic) bond motifs is 1. The molecule has 2 amide bonds. The number of halogens is 1. The number of hydrogen-bond donors (Lipinski definition) is 0. The minimum atomic E-state index is -0.270. The van der Waals surface area contributed by atoms with Crippen molar-refractivity contribution in [1.29, 1.82) is 0 Å². The lowest BCUT2D eigenvalue weighted by Gasteiger charge is -2.29. The van der Waals surface area contributed by atoms with Crippen LogP contribution < -0.4 is 5.43 Å². The fraction of sp³-hybridized carbons (Fsp3) is 0.281. The molecule has 1 atom stereocenters. The largest absolute Gasteiger partial charge is 0.464 e. The van der Waals surface area contributed by atoms with Crippen LogP contribution in [0.3, 0.4) is 0 Å². The SMILES string of the molecule is Cc1ccc2occ(CN(Cc3ccccc3)C(=O)CN(CC3CCCO3)C(=O)c3cccc(Br)c3)c(=O)c2c1. The molecule has 40 heavy (non-hydrogen) atoms. The second kappa shape index (κ2) is 12.6. The maximum absolute atomic E-state index is 13.9. The zero-order valence-corrected chi connectivity index (χ0v) is 23.9. The third-order valence-corrected chi connectivity index (χ3v) is 7.56. The van der Waals surface area contributed by atoms with E-state index in [0.29, 0.717) is 35.2 Å². The normalized spacial score (nSPS) is 14.8. The summed E-state index contributed by atoms with van der Waals surface area (Å²) in [6.07, 6.45) is 3.07. The molecule has 8 heteroatoms. The average molecular weight is 604 g/mol. The van der Waals surface area contributed by atoms with Crippen molar-refractivity contribution >= 4 is 38.7 Å². The number of carbonyl (C=O) groups excluding carboxylic acids is 2. The number of benzene rings is 3. The lowest BCUT2D eigenvalue weighted by Crippen LogP contribution is -2.45. The Morgan fingerprint density at radius 2 is 1.80 bits per heavy atom. The minimum Gasteiger partial charge on any atom is -0.464 e. The zero-order chi connectivity index (χ0) is 28.1. The van der Waals surface area contributed by atoms with Crippen molar-refractivity contribution in [3.63, 3.8) is 0 Å². The number of ether oxygens (including phenoxy) is 1. The molecule has 1 unspecified atom stereocenters. The van der Waals surface area contributed by atoms with Gasteiger partial charge in [-0.25, -0.2) is 0 Å². The van der Waals surface area contributed by atoms with E-state index in [0.717, 1.165) is 28.4 Å². The molecule has 1 aliphatic rings. The summed E-state index contributed by atoms with van der Waals surface area (Å²) < 4.78 is 12.4. The van der Waals surface area contributed by atoms with E-state index < -0.39 is 0 Å². The molecule has 0 bridgehead atoms. The average Bonchev–Trinajstić information content (AvgIpc) is 3.47. The Morgan fingerprint density at radius 1 is 0.975 bits per heavy atom. The first-order valence-corrected chi connectivity index (χ1v) is 14.2. The maximum atomic E-state index is 13.9. The quantitative estimate of drug-likeness (QED) is 0.245. The molecule has 0 aliphatic carbocycles. The van der Waals surface area contributed by atoms with E-state index in [2.05, 4.69) is 15.9 Å². The third kappa shape index (κ3) is 6.69. The summed E-state index contributed by atoms with van der Waals surface area (Å²) in [6, 6.07) is 22.2.